The van der Waals surface area contributed by atoms with E-state index in [2.05, 4.69) is 5.32 Å². The third kappa shape index (κ3) is 3.61. The lowest BCUT2D eigenvalue weighted by molar-refractivity contribution is -0.121. The standard InChI is InChI=1S/C16H22N2O3/c1-10-13(16(20)21)3-2-4-14(10)18-15(19)12-7-5-11(9-17)6-8-12/h2-4,11-12H,5-9,17H2,1H3,(H,18,19)(H,20,21). The molecule has 0 atom stereocenters. The van der Waals surface area contributed by atoms with Crippen LogP contribution in [0.15, 0.2) is 18.2 Å². The zero-order valence-corrected chi connectivity index (χ0v) is 12.3. The molecule has 1 aliphatic carbocycles. The van der Waals surface area contributed by atoms with E-state index >= 15 is 0 Å². The van der Waals surface area contributed by atoms with E-state index in [4.69, 9.17) is 10.8 Å². The molecule has 0 radical (unpaired) electrons. The fraction of sp³-hybridized carbons (Fsp3) is 0.500. The smallest absolute Gasteiger partial charge is 0.336 e. The van der Waals surface area contributed by atoms with Crippen LogP contribution in [-0.2, 0) is 4.79 Å². The molecule has 114 valence electrons. The zero-order valence-electron chi connectivity index (χ0n) is 12.3. The highest BCUT2D eigenvalue weighted by Crippen LogP contribution is 2.29. The van der Waals surface area contributed by atoms with Crippen molar-refractivity contribution >= 4 is 17.6 Å². The van der Waals surface area contributed by atoms with E-state index in [1.54, 1.807) is 25.1 Å². The van der Waals surface area contributed by atoms with Crippen molar-refractivity contribution in [3.05, 3.63) is 29.3 Å². The van der Waals surface area contributed by atoms with Crippen LogP contribution in [0.25, 0.3) is 0 Å². The van der Waals surface area contributed by atoms with Crippen molar-refractivity contribution in [2.24, 2.45) is 17.6 Å². The van der Waals surface area contributed by atoms with Gasteiger partial charge >= 0.3 is 5.97 Å². The lowest BCUT2D eigenvalue weighted by Gasteiger charge is -2.27. The minimum Gasteiger partial charge on any atom is -0.478 e. The number of carboxylic acids is 1. The highest BCUT2D eigenvalue weighted by molar-refractivity contribution is 5.96. The fourth-order valence-corrected chi connectivity index (χ4v) is 2.90. The maximum Gasteiger partial charge on any atom is 0.336 e. The number of benzene rings is 1. The zero-order chi connectivity index (χ0) is 15.4. The van der Waals surface area contributed by atoms with E-state index in [1.165, 1.54) is 0 Å². The van der Waals surface area contributed by atoms with Crippen molar-refractivity contribution in [1.82, 2.24) is 0 Å². The largest absolute Gasteiger partial charge is 0.478 e. The summed E-state index contributed by atoms with van der Waals surface area (Å²) in [4.78, 5) is 23.4. The summed E-state index contributed by atoms with van der Waals surface area (Å²) in [6.45, 7) is 2.40. The van der Waals surface area contributed by atoms with Gasteiger partial charge in [-0.1, -0.05) is 6.07 Å². The van der Waals surface area contributed by atoms with Crippen molar-refractivity contribution in [1.29, 1.82) is 0 Å². The number of aromatic carboxylic acids is 1. The van der Waals surface area contributed by atoms with Gasteiger partial charge in [-0.2, -0.15) is 0 Å². The molecule has 1 aliphatic rings. The summed E-state index contributed by atoms with van der Waals surface area (Å²) in [6, 6.07) is 4.93. The van der Waals surface area contributed by atoms with Crippen LogP contribution in [0.2, 0.25) is 0 Å². The first-order chi connectivity index (χ1) is 10.0. The molecule has 0 aliphatic heterocycles. The summed E-state index contributed by atoms with van der Waals surface area (Å²) in [6.07, 6.45) is 3.68. The minimum absolute atomic E-state index is 0.000634. The van der Waals surface area contributed by atoms with Gasteiger partial charge in [-0.05, 0) is 62.8 Å². The topological polar surface area (TPSA) is 92.4 Å². The van der Waals surface area contributed by atoms with Gasteiger partial charge in [0.1, 0.15) is 0 Å². The number of rotatable bonds is 4. The average Bonchev–Trinajstić information content (AvgIpc) is 2.49. The molecule has 0 saturated heterocycles. The first-order valence-corrected chi connectivity index (χ1v) is 7.36. The predicted octanol–water partition coefficient (Wildman–Crippen LogP) is 2.40. The van der Waals surface area contributed by atoms with Crippen molar-refractivity contribution in [2.75, 3.05) is 11.9 Å². The van der Waals surface area contributed by atoms with E-state index in [0.29, 0.717) is 23.7 Å². The SMILES string of the molecule is Cc1c(NC(=O)C2CCC(CN)CC2)cccc1C(=O)O. The van der Waals surface area contributed by atoms with Gasteiger partial charge in [-0.3, -0.25) is 4.79 Å². The lowest BCUT2D eigenvalue weighted by atomic mass is 9.81. The van der Waals surface area contributed by atoms with Crippen molar-refractivity contribution < 1.29 is 14.7 Å². The highest BCUT2D eigenvalue weighted by atomic mass is 16.4. The Kier molecular flexibility index (Phi) is 4.96. The fourth-order valence-electron chi connectivity index (χ4n) is 2.90. The minimum atomic E-state index is -0.980. The molecule has 5 nitrogen and oxygen atoms in total. The van der Waals surface area contributed by atoms with Crippen LogP contribution in [0.1, 0.15) is 41.6 Å². The Morgan fingerprint density at radius 3 is 2.52 bits per heavy atom. The van der Waals surface area contributed by atoms with Gasteiger partial charge in [0, 0.05) is 11.6 Å². The Labute approximate surface area is 124 Å². The summed E-state index contributed by atoms with van der Waals surface area (Å²) in [5.74, 6) is -0.463. The van der Waals surface area contributed by atoms with E-state index in [0.717, 1.165) is 25.7 Å². The third-order valence-corrected chi connectivity index (χ3v) is 4.37. The Hall–Kier alpha value is -1.88. The number of hydrogen-bond donors (Lipinski definition) is 3. The van der Waals surface area contributed by atoms with Crippen molar-refractivity contribution in [2.45, 2.75) is 32.6 Å². The molecule has 5 heteroatoms. The van der Waals surface area contributed by atoms with Crippen LogP contribution in [0.4, 0.5) is 5.69 Å². The van der Waals surface area contributed by atoms with Crippen molar-refractivity contribution in [3.8, 4) is 0 Å². The number of nitrogens with two attached hydrogens (primary N) is 1. The van der Waals surface area contributed by atoms with Gasteiger partial charge in [0.2, 0.25) is 5.91 Å². The normalized spacial score (nSPS) is 21.8. The summed E-state index contributed by atoms with van der Waals surface area (Å²) in [5, 5.41) is 12.0. The van der Waals surface area contributed by atoms with E-state index in [-0.39, 0.29) is 17.4 Å². The molecular weight excluding hydrogens is 268 g/mol. The van der Waals surface area contributed by atoms with Crippen LogP contribution in [0.5, 0.6) is 0 Å². The molecule has 1 aromatic carbocycles. The predicted molar refractivity (Wildman–Crippen MR) is 81.3 cm³/mol. The molecule has 0 aromatic heterocycles. The monoisotopic (exact) mass is 290 g/mol. The van der Waals surface area contributed by atoms with Gasteiger partial charge < -0.3 is 16.2 Å². The Bertz CT molecular complexity index is 534. The average molecular weight is 290 g/mol. The van der Waals surface area contributed by atoms with Crippen LogP contribution >= 0.6 is 0 Å². The number of anilines is 1. The molecule has 2 rings (SSSR count). The lowest BCUT2D eigenvalue weighted by Crippen LogP contribution is -2.29. The molecule has 1 amide bonds. The molecule has 0 bridgehead atoms. The molecule has 21 heavy (non-hydrogen) atoms. The molecule has 4 N–H and O–H groups in total. The number of carbonyl (C=O) groups excluding carboxylic acids is 1. The van der Waals surface area contributed by atoms with Crippen LogP contribution in [0.3, 0.4) is 0 Å². The Balaban J connectivity index is 2.03. The third-order valence-electron chi connectivity index (χ3n) is 4.37. The maximum absolute atomic E-state index is 12.3. The number of hydrogen-bond acceptors (Lipinski definition) is 3. The van der Waals surface area contributed by atoms with Gasteiger partial charge in [0.05, 0.1) is 5.56 Å². The quantitative estimate of drug-likeness (QED) is 0.794. The summed E-state index contributed by atoms with van der Waals surface area (Å²) < 4.78 is 0. The highest BCUT2D eigenvalue weighted by Gasteiger charge is 2.26. The van der Waals surface area contributed by atoms with Gasteiger partial charge in [0.25, 0.3) is 0 Å². The molecule has 0 unspecified atom stereocenters. The summed E-state index contributed by atoms with van der Waals surface area (Å²) >= 11 is 0. The van der Waals surface area contributed by atoms with Gasteiger partial charge in [-0.25, -0.2) is 4.79 Å². The molecule has 0 heterocycles. The number of amides is 1. The van der Waals surface area contributed by atoms with Crippen LogP contribution in [-0.4, -0.2) is 23.5 Å². The first kappa shape index (κ1) is 15.5. The summed E-state index contributed by atoms with van der Waals surface area (Å²) in [5.41, 5.74) is 7.05. The number of nitrogens with one attached hydrogen (secondary N) is 1. The van der Waals surface area contributed by atoms with Gasteiger partial charge in [0.15, 0.2) is 0 Å². The van der Waals surface area contributed by atoms with Crippen LogP contribution in [0, 0.1) is 18.8 Å². The second kappa shape index (κ2) is 6.72. The second-order valence-electron chi connectivity index (χ2n) is 5.73. The van der Waals surface area contributed by atoms with Crippen LogP contribution < -0.4 is 11.1 Å². The maximum atomic E-state index is 12.3. The summed E-state index contributed by atoms with van der Waals surface area (Å²) in [7, 11) is 0. The second-order valence-corrected chi connectivity index (χ2v) is 5.73. The number of carbonyl (C=O) groups is 2. The molecular formula is C16H22N2O3. The van der Waals surface area contributed by atoms with E-state index < -0.39 is 5.97 Å². The van der Waals surface area contributed by atoms with Gasteiger partial charge in [-0.15, -0.1) is 0 Å². The molecule has 0 spiro atoms. The van der Waals surface area contributed by atoms with E-state index in [9.17, 15) is 9.59 Å². The van der Waals surface area contributed by atoms with E-state index in [1.807, 2.05) is 0 Å². The molecule has 1 fully saturated rings. The number of carboxylic acid groups (broad SMARTS) is 1. The molecule has 1 aromatic rings. The first-order valence-electron chi connectivity index (χ1n) is 7.36. The Morgan fingerprint density at radius 2 is 1.95 bits per heavy atom. The molecule has 1 saturated carbocycles. The Morgan fingerprint density at radius 1 is 1.29 bits per heavy atom. The van der Waals surface area contributed by atoms with Crippen molar-refractivity contribution in [3.63, 3.8) is 0 Å².